The van der Waals surface area contributed by atoms with Crippen LogP contribution >= 0.6 is 0 Å². The maximum absolute atomic E-state index is 12.5. The summed E-state index contributed by atoms with van der Waals surface area (Å²) in [5.74, 6) is 0.0106. The number of anilines is 1. The van der Waals surface area contributed by atoms with Crippen molar-refractivity contribution in [1.82, 2.24) is 5.16 Å². The predicted octanol–water partition coefficient (Wildman–Crippen LogP) is 4.49. The van der Waals surface area contributed by atoms with Gasteiger partial charge in [0.05, 0.1) is 5.92 Å². The molecule has 1 aliphatic heterocycles. The van der Waals surface area contributed by atoms with E-state index in [0.29, 0.717) is 23.8 Å². The minimum Gasteiger partial charge on any atom is -0.459 e. The summed E-state index contributed by atoms with van der Waals surface area (Å²) in [5.41, 5.74) is 3.13. The molecule has 0 saturated carbocycles. The van der Waals surface area contributed by atoms with Crippen molar-refractivity contribution >= 4 is 28.5 Å². The molecule has 0 aliphatic carbocycles. The maximum Gasteiger partial charge on any atom is 0.311 e. The predicted molar refractivity (Wildman–Crippen MR) is 113 cm³/mol. The standard InChI is InChI=1S/C24H20N2O5/c1-15-6-8-19(9-7-15)26-13-17(11-23(26)27)24(28)29-14-18-12-22(31-25-18)21-10-16-4-2-3-5-20(16)30-21/h2-10,12,17H,11,13-14H2,1H3. The number of fused-ring (bicyclic) bond motifs is 1. The van der Waals surface area contributed by atoms with Crippen LogP contribution in [-0.4, -0.2) is 23.6 Å². The number of aromatic nitrogens is 1. The largest absolute Gasteiger partial charge is 0.459 e. The smallest absolute Gasteiger partial charge is 0.311 e. The summed E-state index contributed by atoms with van der Waals surface area (Å²) in [6, 6.07) is 18.9. The summed E-state index contributed by atoms with van der Waals surface area (Å²) in [7, 11) is 0. The van der Waals surface area contributed by atoms with Crippen molar-refractivity contribution in [3.63, 3.8) is 0 Å². The van der Waals surface area contributed by atoms with Crippen LogP contribution in [0.1, 0.15) is 17.7 Å². The average Bonchev–Trinajstić information content (AvgIpc) is 3.50. The Bertz CT molecular complexity index is 1220. The van der Waals surface area contributed by atoms with Gasteiger partial charge < -0.3 is 18.6 Å². The zero-order valence-electron chi connectivity index (χ0n) is 16.9. The number of carbonyl (C=O) groups excluding carboxylic acids is 2. The topological polar surface area (TPSA) is 85.8 Å². The molecule has 1 unspecified atom stereocenters. The molecule has 1 saturated heterocycles. The summed E-state index contributed by atoms with van der Waals surface area (Å²) >= 11 is 0. The summed E-state index contributed by atoms with van der Waals surface area (Å²) in [4.78, 5) is 26.5. The number of aryl methyl sites for hydroxylation is 1. The van der Waals surface area contributed by atoms with Crippen molar-refractivity contribution in [2.24, 2.45) is 5.92 Å². The minimum atomic E-state index is -0.504. The molecule has 7 nitrogen and oxygen atoms in total. The van der Waals surface area contributed by atoms with E-state index in [1.165, 1.54) is 0 Å². The lowest BCUT2D eigenvalue weighted by molar-refractivity contribution is -0.149. The van der Waals surface area contributed by atoms with Gasteiger partial charge in [0, 0.05) is 30.1 Å². The number of hydrogen-bond acceptors (Lipinski definition) is 6. The first-order valence-corrected chi connectivity index (χ1v) is 10.0. The maximum atomic E-state index is 12.5. The first-order valence-electron chi connectivity index (χ1n) is 10.0. The van der Waals surface area contributed by atoms with Crippen LogP contribution < -0.4 is 4.90 Å². The third-order valence-electron chi connectivity index (χ3n) is 5.39. The summed E-state index contributed by atoms with van der Waals surface area (Å²) in [6.45, 7) is 2.26. The highest BCUT2D eigenvalue weighted by Crippen LogP contribution is 2.29. The van der Waals surface area contributed by atoms with Crippen LogP contribution in [0.25, 0.3) is 22.5 Å². The van der Waals surface area contributed by atoms with E-state index in [2.05, 4.69) is 5.16 Å². The molecule has 1 atom stereocenters. The van der Waals surface area contributed by atoms with Gasteiger partial charge >= 0.3 is 5.97 Å². The van der Waals surface area contributed by atoms with Gasteiger partial charge in [-0.05, 0) is 31.2 Å². The number of para-hydroxylation sites is 1. The van der Waals surface area contributed by atoms with Crippen LogP contribution in [0.4, 0.5) is 5.69 Å². The molecular weight excluding hydrogens is 396 g/mol. The van der Waals surface area contributed by atoms with E-state index in [0.717, 1.165) is 22.2 Å². The van der Waals surface area contributed by atoms with Gasteiger partial charge in [0.25, 0.3) is 0 Å². The van der Waals surface area contributed by atoms with Crippen molar-refractivity contribution in [1.29, 1.82) is 0 Å². The van der Waals surface area contributed by atoms with Gasteiger partial charge in [0.15, 0.2) is 5.76 Å². The molecule has 1 amide bonds. The Morgan fingerprint density at radius 3 is 2.74 bits per heavy atom. The molecule has 0 bridgehead atoms. The molecule has 3 heterocycles. The molecule has 2 aromatic heterocycles. The molecule has 2 aromatic carbocycles. The van der Waals surface area contributed by atoms with Gasteiger partial charge in [-0.1, -0.05) is 41.1 Å². The molecule has 0 radical (unpaired) electrons. The van der Waals surface area contributed by atoms with Crippen molar-refractivity contribution in [3.8, 4) is 11.5 Å². The van der Waals surface area contributed by atoms with E-state index in [-0.39, 0.29) is 18.9 Å². The average molecular weight is 416 g/mol. The fraction of sp³-hybridized carbons (Fsp3) is 0.208. The van der Waals surface area contributed by atoms with E-state index in [1.807, 2.05) is 61.5 Å². The van der Waals surface area contributed by atoms with Crippen LogP contribution in [0, 0.1) is 12.8 Å². The van der Waals surface area contributed by atoms with Crippen LogP contribution in [-0.2, 0) is 20.9 Å². The Balaban J connectivity index is 1.21. The Labute approximate surface area is 178 Å². The Morgan fingerprint density at radius 2 is 1.94 bits per heavy atom. The van der Waals surface area contributed by atoms with E-state index >= 15 is 0 Å². The monoisotopic (exact) mass is 416 g/mol. The molecule has 0 N–H and O–H groups in total. The highest BCUT2D eigenvalue weighted by molar-refractivity contribution is 5.99. The van der Waals surface area contributed by atoms with Gasteiger partial charge in [-0.15, -0.1) is 0 Å². The number of ether oxygens (including phenoxy) is 1. The first kappa shape index (κ1) is 19.1. The number of rotatable bonds is 5. The van der Waals surface area contributed by atoms with Gasteiger partial charge in [-0.3, -0.25) is 9.59 Å². The number of carbonyl (C=O) groups is 2. The van der Waals surface area contributed by atoms with Crippen LogP contribution in [0.3, 0.4) is 0 Å². The lowest BCUT2D eigenvalue weighted by Crippen LogP contribution is -2.26. The molecule has 1 fully saturated rings. The van der Waals surface area contributed by atoms with Gasteiger partial charge in [-0.2, -0.15) is 0 Å². The first-order chi connectivity index (χ1) is 15.1. The van der Waals surface area contributed by atoms with E-state index in [1.54, 1.807) is 11.0 Å². The lowest BCUT2D eigenvalue weighted by atomic mass is 10.1. The SMILES string of the molecule is Cc1ccc(N2CC(C(=O)OCc3cc(-c4cc5ccccc5o4)on3)CC2=O)cc1. The number of benzene rings is 2. The van der Waals surface area contributed by atoms with Crippen LogP contribution in [0.15, 0.2) is 69.6 Å². The lowest BCUT2D eigenvalue weighted by Gasteiger charge is -2.16. The molecule has 31 heavy (non-hydrogen) atoms. The van der Waals surface area contributed by atoms with Crippen molar-refractivity contribution in [2.45, 2.75) is 20.0 Å². The molecular formula is C24H20N2O5. The van der Waals surface area contributed by atoms with Gasteiger partial charge in [-0.25, -0.2) is 0 Å². The molecule has 4 aromatic rings. The second-order valence-electron chi connectivity index (χ2n) is 7.68. The fourth-order valence-corrected chi connectivity index (χ4v) is 3.70. The zero-order valence-corrected chi connectivity index (χ0v) is 16.9. The fourth-order valence-electron chi connectivity index (χ4n) is 3.70. The summed E-state index contributed by atoms with van der Waals surface area (Å²) in [5, 5.41) is 4.92. The summed E-state index contributed by atoms with van der Waals surface area (Å²) in [6.07, 6.45) is 0.135. The Morgan fingerprint density at radius 1 is 1.13 bits per heavy atom. The van der Waals surface area contributed by atoms with Crippen molar-refractivity contribution in [2.75, 3.05) is 11.4 Å². The number of hydrogen-bond donors (Lipinski definition) is 0. The highest BCUT2D eigenvalue weighted by Gasteiger charge is 2.36. The quantitative estimate of drug-likeness (QED) is 0.446. The molecule has 1 aliphatic rings. The van der Waals surface area contributed by atoms with Gasteiger partial charge in [0.1, 0.15) is 17.9 Å². The Kier molecular flexibility index (Phi) is 4.78. The zero-order chi connectivity index (χ0) is 21.4. The number of furan rings is 1. The van der Waals surface area contributed by atoms with Crippen molar-refractivity contribution in [3.05, 3.63) is 71.9 Å². The highest BCUT2D eigenvalue weighted by atomic mass is 16.5. The molecule has 7 heteroatoms. The number of amides is 1. The Hall–Kier alpha value is -3.87. The molecule has 156 valence electrons. The van der Waals surface area contributed by atoms with Crippen LogP contribution in [0.2, 0.25) is 0 Å². The van der Waals surface area contributed by atoms with Crippen molar-refractivity contribution < 1.29 is 23.3 Å². The van der Waals surface area contributed by atoms with Gasteiger partial charge in [0.2, 0.25) is 11.7 Å². The molecule has 0 spiro atoms. The number of esters is 1. The van der Waals surface area contributed by atoms with E-state index in [4.69, 9.17) is 13.7 Å². The van der Waals surface area contributed by atoms with E-state index in [9.17, 15) is 9.59 Å². The molecule has 5 rings (SSSR count). The van der Waals surface area contributed by atoms with E-state index < -0.39 is 11.9 Å². The minimum absolute atomic E-state index is 0.0300. The summed E-state index contributed by atoms with van der Waals surface area (Å²) < 4.78 is 16.5. The number of nitrogens with zero attached hydrogens (tertiary/aromatic N) is 2. The normalized spacial score (nSPS) is 16.2. The third kappa shape index (κ3) is 3.82. The second-order valence-corrected chi connectivity index (χ2v) is 7.68. The third-order valence-corrected chi connectivity index (χ3v) is 5.39. The van der Waals surface area contributed by atoms with Crippen LogP contribution in [0.5, 0.6) is 0 Å². The second kappa shape index (κ2) is 7.75.